The summed E-state index contributed by atoms with van der Waals surface area (Å²) < 4.78 is 14.8. The van der Waals surface area contributed by atoms with E-state index in [1.165, 1.54) is 23.9 Å². The van der Waals surface area contributed by atoms with E-state index in [9.17, 15) is 9.18 Å². The summed E-state index contributed by atoms with van der Waals surface area (Å²) >= 11 is 1.51. The maximum Gasteiger partial charge on any atom is 0.223 e. The highest BCUT2D eigenvalue weighted by Gasteiger charge is 2.23. The van der Waals surface area contributed by atoms with E-state index in [2.05, 4.69) is 20.4 Å². The molecule has 27 heavy (non-hydrogen) atoms. The van der Waals surface area contributed by atoms with Crippen LogP contribution in [0.3, 0.4) is 0 Å². The van der Waals surface area contributed by atoms with E-state index in [0.717, 1.165) is 23.9 Å². The number of nitrogens with zero attached hydrogens (tertiary/aromatic N) is 6. The van der Waals surface area contributed by atoms with Crippen LogP contribution in [0.5, 0.6) is 0 Å². The monoisotopic (exact) mass is 392 g/mol. The van der Waals surface area contributed by atoms with E-state index in [1.54, 1.807) is 16.8 Å². The fourth-order valence-electron chi connectivity index (χ4n) is 2.94. The molecule has 1 aliphatic rings. The number of amides is 1. The molecule has 1 saturated heterocycles. The number of hydrogen-bond donors (Lipinski definition) is 0. The number of aromatic nitrogens is 4. The molecule has 1 aliphatic heterocycles. The predicted molar refractivity (Wildman–Crippen MR) is 103 cm³/mol. The summed E-state index contributed by atoms with van der Waals surface area (Å²) in [6, 6.07) is 6.50. The largest absolute Gasteiger partial charge is 0.368 e. The van der Waals surface area contributed by atoms with Gasteiger partial charge in [0.2, 0.25) is 11.1 Å². The molecule has 0 unspecified atom stereocenters. The van der Waals surface area contributed by atoms with Crippen molar-refractivity contribution in [1.29, 1.82) is 0 Å². The van der Waals surface area contributed by atoms with Crippen molar-refractivity contribution in [3.63, 3.8) is 0 Å². The number of hydrogen-bond acceptors (Lipinski definition) is 6. The zero-order valence-corrected chi connectivity index (χ0v) is 16.7. The summed E-state index contributed by atoms with van der Waals surface area (Å²) in [5.74, 6) is 0.562. The van der Waals surface area contributed by atoms with Crippen LogP contribution in [0.15, 0.2) is 29.4 Å². The van der Waals surface area contributed by atoms with Gasteiger partial charge in [0, 0.05) is 44.0 Å². The van der Waals surface area contributed by atoms with Crippen LogP contribution in [0, 0.1) is 5.82 Å². The lowest BCUT2D eigenvalue weighted by molar-refractivity contribution is -0.131. The molecular weight excluding hydrogens is 367 g/mol. The van der Waals surface area contributed by atoms with Crippen LogP contribution in [-0.4, -0.2) is 62.9 Å². The zero-order valence-electron chi connectivity index (χ0n) is 15.9. The molecule has 0 radical (unpaired) electrons. The Morgan fingerprint density at radius 1 is 1.15 bits per heavy atom. The fraction of sp³-hybridized carbons (Fsp3) is 0.556. The third-order valence-electron chi connectivity index (χ3n) is 4.45. The summed E-state index contributed by atoms with van der Waals surface area (Å²) in [5.41, 5.74) is 0.806. The number of tetrazole rings is 1. The number of rotatable bonds is 5. The molecule has 1 fully saturated rings. The molecule has 0 saturated carbocycles. The molecule has 2 aromatic rings. The molecule has 0 atom stereocenters. The number of piperazine rings is 1. The van der Waals surface area contributed by atoms with Gasteiger partial charge < -0.3 is 9.80 Å². The van der Waals surface area contributed by atoms with Crippen molar-refractivity contribution in [2.75, 3.05) is 36.8 Å². The Hall–Kier alpha value is -2.16. The Morgan fingerprint density at radius 2 is 1.81 bits per heavy atom. The van der Waals surface area contributed by atoms with Crippen LogP contribution in [0.2, 0.25) is 0 Å². The van der Waals surface area contributed by atoms with E-state index < -0.39 is 0 Å². The zero-order chi connectivity index (χ0) is 19.4. The lowest BCUT2D eigenvalue weighted by Crippen LogP contribution is -2.48. The Labute approximate surface area is 162 Å². The molecule has 3 rings (SSSR count). The lowest BCUT2D eigenvalue weighted by Gasteiger charge is -2.36. The second kappa shape index (κ2) is 8.24. The summed E-state index contributed by atoms with van der Waals surface area (Å²) in [4.78, 5) is 16.6. The second-order valence-electron chi connectivity index (χ2n) is 7.49. The number of halogens is 1. The van der Waals surface area contributed by atoms with Gasteiger partial charge in [-0.2, -0.15) is 0 Å². The molecule has 0 spiro atoms. The Kier molecular flexibility index (Phi) is 5.98. The Bertz CT molecular complexity index is 765. The van der Waals surface area contributed by atoms with Crippen molar-refractivity contribution < 1.29 is 9.18 Å². The SMILES string of the molecule is CC(C)(C)n1nnnc1SCCC(=O)N1CCN(c2ccc(F)cc2)CC1. The Balaban J connectivity index is 1.45. The smallest absolute Gasteiger partial charge is 0.223 e. The first-order valence-electron chi connectivity index (χ1n) is 9.04. The van der Waals surface area contributed by atoms with E-state index in [-0.39, 0.29) is 17.3 Å². The summed E-state index contributed by atoms with van der Waals surface area (Å²) in [5, 5.41) is 12.5. The summed E-state index contributed by atoms with van der Waals surface area (Å²) in [7, 11) is 0. The fourth-order valence-corrected chi connectivity index (χ4v) is 3.93. The van der Waals surface area contributed by atoms with Gasteiger partial charge in [0.25, 0.3) is 0 Å². The first-order chi connectivity index (χ1) is 12.8. The van der Waals surface area contributed by atoms with Crippen LogP contribution < -0.4 is 4.90 Å². The minimum atomic E-state index is -0.234. The maximum atomic E-state index is 13.0. The standard InChI is InChI=1S/C18H25FN6OS/c1-18(2,3)25-17(20-21-22-25)27-13-8-16(26)24-11-9-23(10-12-24)15-6-4-14(19)5-7-15/h4-7H,8-13H2,1-3H3. The minimum Gasteiger partial charge on any atom is -0.368 e. The third kappa shape index (κ3) is 4.97. The van der Waals surface area contributed by atoms with Crippen molar-refractivity contribution >= 4 is 23.4 Å². The molecular formula is C18H25FN6OS. The highest BCUT2D eigenvalue weighted by atomic mass is 32.2. The molecule has 0 bridgehead atoms. The lowest BCUT2D eigenvalue weighted by atomic mass is 10.1. The second-order valence-corrected chi connectivity index (χ2v) is 8.55. The van der Waals surface area contributed by atoms with Crippen molar-refractivity contribution in [2.24, 2.45) is 0 Å². The number of thioether (sulfide) groups is 1. The van der Waals surface area contributed by atoms with Gasteiger partial charge in [-0.25, -0.2) is 9.07 Å². The van der Waals surface area contributed by atoms with Crippen molar-refractivity contribution in [2.45, 2.75) is 37.9 Å². The number of carbonyl (C=O) groups excluding carboxylic acids is 1. The topological polar surface area (TPSA) is 67.2 Å². The summed E-state index contributed by atoms with van der Waals surface area (Å²) in [6.45, 7) is 9.00. The van der Waals surface area contributed by atoms with E-state index >= 15 is 0 Å². The summed E-state index contributed by atoms with van der Waals surface area (Å²) in [6.07, 6.45) is 0.457. The number of benzene rings is 1. The van der Waals surface area contributed by atoms with Gasteiger partial charge >= 0.3 is 0 Å². The Morgan fingerprint density at radius 3 is 2.44 bits per heavy atom. The quantitative estimate of drug-likeness (QED) is 0.728. The van der Waals surface area contributed by atoms with E-state index in [0.29, 0.717) is 25.3 Å². The van der Waals surface area contributed by atoms with Gasteiger partial charge in [0.15, 0.2) is 0 Å². The van der Waals surface area contributed by atoms with Crippen LogP contribution >= 0.6 is 11.8 Å². The van der Waals surface area contributed by atoms with E-state index in [4.69, 9.17) is 0 Å². The average Bonchev–Trinajstić information content (AvgIpc) is 3.11. The van der Waals surface area contributed by atoms with Crippen molar-refractivity contribution in [3.05, 3.63) is 30.1 Å². The molecule has 2 heterocycles. The van der Waals surface area contributed by atoms with Crippen LogP contribution in [0.1, 0.15) is 27.2 Å². The molecule has 0 aliphatic carbocycles. The molecule has 1 amide bonds. The normalized spacial score (nSPS) is 15.3. The van der Waals surface area contributed by atoms with Crippen molar-refractivity contribution in [3.8, 4) is 0 Å². The minimum absolute atomic E-state index is 0.149. The van der Waals surface area contributed by atoms with Crippen molar-refractivity contribution in [1.82, 2.24) is 25.1 Å². The first-order valence-corrected chi connectivity index (χ1v) is 10.0. The van der Waals surface area contributed by atoms with Crippen LogP contribution in [0.25, 0.3) is 0 Å². The molecule has 1 aromatic carbocycles. The average molecular weight is 393 g/mol. The molecule has 146 valence electrons. The van der Waals surface area contributed by atoms with Gasteiger partial charge in [0.05, 0.1) is 5.54 Å². The molecule has 1 aromatic heterocycles. The first kappa shape index (κ1) is 19.6. The number of carbonyl (C=O) groups is 1. The van der Waals surface area contributed by atoms with Gasteiger partial charge in [-0.1, -0.05) is 11.8 Å². The van der Waals surface area contributed by atoms with Crippen LogP contribution in [-0.2, 0) is 10.3 Å². The molecule has 0 N–H and O–H groups in total. The highest BCUT2D eigenvalue weighted by Crippen LogP contribution is 2.22. The third-order valence-corrected chi connectivity index (χ3v) is 5.37. The molecule has 7 nitrogen and oxygen atoms in total. The van der Waals surface area contributed by atoms with Gasteiger partial charge in [0.1, 0.15) is 5.82 Å². The predicted octanol–water partition coefficient (Wildman–Crippen LogP) is 2.40. The molecule has 9 heteroatoms. The van der Waals surface area contributed by atoms with Crippen LogP contribution in [0.4, 0.5) is 10.1 Å². The van der Waals surface area contributed by atoms with Gasteiger partial charge in [-0.3, -0.25) is 4.79 Å². The van der Waals surface area contributed by atoms with Gasteiger partial charge in [-0.05, 0) is 55.5 Å². The van der Waals surface area contributed by atoms with Gasteiger partial charge in [-0.15, -0.1) is 5.10 Å². The van der Waals surface area contributed by atoms with E-state index in [1.807, 2.05) is 25.7 Å². The number of anilines is 1. The highest BCUT2D eigenvalue weighted by molar-refractivity contribution is 7.99. The maximum absolute atomic E-state index is 13.0.